The van der Waals surface area contributed by atoms with Gasteiger partial charge in [-0.15, -0.1) is 0 Å². The number of rotatable bonds is 3. The summed E-state index contributed by atoms with van der Waals surface area (Å²) in [6, 6.07) is 5.71. The fourth-order valence-electron chi connectivity index (χ4n) is 2.31. The van der Waals surface area contributed by atoms with Gasteiger partial charge in [0.05, 0.1) is 12.7 Å². The number of nitrogens with zero attached hydrogens (tertiary/aromatic N) is 1. The summed E-state index contributed by atoms with van der Waals surface area (Å²) in [5.74, 6) is 0.937. The normalized spacial score (nSPS) is 11.0. The smallest absolute Gasteiger partial charge is 0.230 e. The molecule has 0 radical (unpaired) electrons. The second kappa shape index (κ2) is 5.09. The zero-order chi connectivity index (χ0) is 15.0. The van der Waals surface area contributed by atoms with Gasteiger partial charge in [-0.05, 0) is 31.9 Å². The summed E-state index contributed by atoms with van der Waals surface area (Å²) in [7, 11) is 0. The molecule has 0 saturated heterocycles. The molecule has 0 aliphatic rings. The Bertz CT molecular complexity index is 814. The maximum Gasteiger partial charge on any atom is 0.230 e. The molecule has 5 nitrogen and oxygen atoms in total. The van der Waals surface area contributed by atoms with E-state index >= 15 is 0 Å². The van der Waals surface area contributed by atoms with Crippen molar-refractivity contribution in [2.75, 3.05) is 5.32 Å². The molecule has 3 aromatic rings. The molecule has 0 unspecified atom stereocenters. The van der Waals surface area contributed by atoms with Crippen molar-refractivity contribution < 1.29 is 13.7 Å². The van der Waals surface area contributed by atoms with E-state index in [4.69, 9.17) is 8.94 Å². The summed E-state index contributed by atoms with van der Waals surface area (Å²) in [5, 5.41) is 7.43. The fourth-order valence-corrected chi connectivity index (χ4v) is 2.31. The summed E-state index contributed by atoms with van der Waals surface area (Å²) in [6.07, 6.45) is 1.88. The number of fused-ring (bicyclic) bond motifs is 1. The number of benzene rings is 1. The van der Waals surface area contributed by atoms with Gasteiger partial charge in [0, 0.05) is 17.0 Å². The van der Waals surface area contributed by atoms with Crippen LogP contribution < -0.4 is 5.32 Å². The number of hydrogen-bond acceptors (Lipinski definition) is 4. The quantitative estimate of drug-likeness (QED) is 0.799. The molecule has 1 aromatic carbocycles. The Hall–Kier alpha value is -2.56. The highest BCUT2D eigenvalue weighted by Gasteiger charge is 2.13. The van der Waals surface area contributed by atoms with Gasteiger partial charge in [-0.2, -0.15) is 0 Å². The third-order valence-electron chi connectivity index (χ3n) is 3.59. The van der Waals surface area contributed by atoms with Crippen molar-refractivity contribution in [3.63, 3.8) is 0 Å². The van der Waals surface area contributed by atoms with E-state index in [1.54, 1.807) is 19.3 Å². The first-order chi connectivity index (χ1) is 10.0. The lowest BCUT2D eigenvalue weighted by Crippen LogP contribution is -2.14. The molecule has 108 valence electrons. The molecule has 3 rings (SSSR count). The summed E-state index contributed by atoms with van der Waals surface area (Å²) in [6.45, 7) is 5.83. The number of furan rings is 1. The predicted octanol–water partition coefficient (Wildman–Crippen LogP) is 3.53. The standard InChI is InChI=1S/C16H16N2O3/c1-9-4-5-13-12(8-20-16(13)11(9)3)7-15(19)17-14-6-10(2)21-18-14/h4-6,8H,7H2,1-3H3,(H,17,18,19). The first kappa shape index (κ1) is 13.4. The monoisotopic (exact) mass is 284 g/mol. The van der Waals surface area contributed by atoms with E-state index in [1.165, 1.54) is 5.56 Å². The van der Waals surface area contributed by atoms with Crippen molar-refractivity contribution >= 4 is 22.7 Å². The first-order valence-electron chi connectivity index (χ1n) is 6.74. The molecular weight excluding hydrogens is 268 g/mol. The molecule has 1 N–H and O–H groups in total. The molecule has 0 spiro atoms. The van der Waals surface area contributed by atoms with Gasteiger partial charge in [0.15, 0.2) is 5.82 Å². The number of aromatic nitrogens is 1. The predicted molar refractivity (Wildman–Crippen MR) is 79.3 cm³/mol. The number of amides is 1. The van der Waals surface area contributed by atoms with Crippen LogP contribution in [0.5, 0.6) is 0 Å². The topological polar surface area (TPSA) is 68.3 Å². The van der Waals surface area contributed by atoms with Crippen LogP contribution in [-0.4, -0.2) is 11.1 Å². The Labute approximate surface area is 121 Å². The van der Waals surface area contributed by atoms with Crippen LogP contribution in [0.4, 0.5) is 5.82 Å². The minimum atomic E-state index is -0.149. The second-order valence-corrected chi connectivity index (χ2v) is 5.19. The maximum atomic E-state index is 12.1. The highest BCUT2D eigenvalue weighted by Crippen LogP contribution is 2.26. The van der Waals surface area contributed by atoms with Crippen molar-refractivity contribution in [1.82, 2.24) is 5.16 Å². The number of carbonyl (C=O) groups excluding carboxylic acids is 1. The number of aryl methyl sites for hydroxylation is 3. The summed E-state index contributed by atoms with van der Waals surface area (Å²) in [5.41, 5.74) is 3.98. The second-order valence-electron chi connectivity index (χ2n) is 5.19. The number of anilines is 1. The molecule has 21 heavy (non-hydrogen) atoms. The fraction of sp³-hybridized carbons (Fsp3) is 0.250. The molecule has 1 amide bonds. The van der Waals surface area contributed by atoms with Crippen LogP contribution in [0.2, 0.25) is 0 Å². The van der Waals surface area contributed by atoms with Gasteiger partial charge in [-0.1, -0.05) is 17.3 Å². The maximum absolute atomic E-state index is 12.1. The first-order valence-corrected chi connectivity index (χ1v) is 6.74. The van der Waals surface area contributed by atoms with Crippen molar-refractivity contribution in [1.29, 1.82) is 0 Å². The summed E-state index contributed by atoms with van der Waals surface area (Å²) < 4.78 is 10.5. The van der Waals surface area contributed by atoms with Crippen LogP contribution >= 0.6 is 0 Å². The zero-order valence-corrected chi connectivity index (χ0v) is 12.2. The minimum absolute atomic E-state index is 0.149. The lowest BCUT2D eigenvalue weighted by atomic mass is 10.0. The van der Waals surface area contributed by atoms with Gasteiger partial charge in [0.2, 0.25) is 5.91 Å². The molecule has 5 heteroatoms. The number of hydrogen-bond donors (Lipinski definition) is 1. The Morgan fingerprint density at radius 3 is 2.81 bits per heavy atom. The lowest BCUT2D eigenvalue weighted by molar-refractivity contribution is -0.115. The van der Waals surface area contributed by atoms with Crippen LogP contribution in [0.25, 0.3) is 11.0 Å². The SMILES string of the molecule is Cc1cc(NC(=O)Cc2coc3c(C)c(C)ccc23)no1. The largest absolute Gasteiger partial charge is 0.464 e. The van der Waals surface area contributed by atoms with Gasteiger partial charge in [0.1, 0.15) is 11.3 Å². The Balaban J connectivity index is 1.82. The molecule has 2 heterocycles. The van der Waals surface area contributed by atoms with Crippen LogP contribution in [0, 0.1) is 20.8 Å². The average Bonchev–Trinajstić information content (AvgIpc) is 3.01. The van der Waals surface area contributed by atoms with Crippen molar-refractivity contribution in [3.8, 4) is 0 Å². The Morgan fingerprint density at radius 2 is 2.10 bits per heavy atom. The number of nitrogens with one attached hydrogen (secondary N) is 1. The molecule has 0 bridgehead atoms. The van der Waals surface area contributed by atoms with E-state index in [1.807, 2.05) is 26.0 Å². The van der Waals surface area contributed by atoms with Crippen molar-refractivity contribution in [2.45, 2.75) is 27.2 Å². The molecule has 0 saturated carbocycles. The highest BCUT2D eigenvalue weighted by molar-refractivity contribution is 5.95. The van der Waals surface area contributed by atoms with Gasteiger partial charge in [-0.3, -0.25) is 4.79 Å². The van der Waals surface area contributed by atoms with E-state index < -0.39 is 0 Å². The van der Waals surface area contributed by atoms with Crippen LogP contribution in [0.3, 0.4) is 0 Å². The van der Waals surface area contributed by atoms with E-state index in [-0.39, 0.29) is 12.3 Å². The van der Waals surface area contributed by atoms with Crippen LogP contribution in [0.15, 0.2) is 33.4 Å². The molecule has 0 fully saturated rings. The van der Waals surface area contributed by atoms with Crippen molar-refractivity contribution in [3.05, 3.63) is 46.9 Å². The molecule has 0 atom stereocenters. The molecule has 0 aliphatic carbocycles. The Morgan fingerprint density at radius 1 is 1.29 bits per heavy atom. The van der Waals surface area contributed by atoms with Gasteiger partial charge >= 0.3 is 0 Å². The van der Waals surface area contributed by atoms with Crippen LogP contribution in [-0.2, 0) is 11.2 Å². The minimum Gasteiger partial charge on any atom is -0.464 e. The van der Waals surface area contributed by atoms with E-state index in [0.717, 1.165) is 22.1 Å². The van der Waals surface area contributed by atoms with Crippen LogP contribution in [0.1, 0.15) is 22.5 Å². The third-order valence-corrected chi connectivity index (χ3v) is 3.59. The van der Waals surface area contributed by atoms with E-state index in [2.05, 4.69) is 10.5 Å². The molecule has 2 aromatic heterocycles. The average molecular weight is 284 g/mol. The highest BCUT2D eigenvalue weighted by atomic mass is 16.5. The van der Waals surface area contributed by atoms with E-state index in [9.17, 15) is 4.79 Å². The Kier molecular flexibility index (Phi) is 3.25. The van der Waals surface area contributed by atoms with Crippen molar-refractivity contribution in [2.24, 2.45) is 0 Å². The third kappa shape index (κ3) is 2.54. The van der Waals surface area contributed by atoms with Gasteiger partial charge in [0.25, 0.3) is 0 Å². The molecular formula is C16H16N2O3. The molecule has 0 aliphatic heterocycles. The van der Waals surface area contributed by atoms with Gasteiger partial charge < -0.3 is 14.3 Å². The number of carbonyl (C=O) groups is 1. The summed E-state index contributed by atoms with van der Waals surface area (Å²) >= 11 is 0. The summed E-state index contributed by atoms with van der Waals surface area (Å²) in [4.78, 5) is 12.1. The lowest BCUT2D eigenvalue weighted by Gasteiger charge is -2.02. The van der Waals surface area contributed by atoms with Gasteiger partial charge in [-0.25, -0.2) is 0 Å². The van der Waals surface area contributed by atoms with E-state index in [0.29, 0.717) is 11.6 Å². The zero-order valence-electron chi connectivity index (χ0n) is 12.2.